The van der Waals surface area contributed by atoms with Gasteiger partial charge in [-0.25, -0.2) is 9.79 Å². The number of aliphatic hydroxyl groups is 1. The highest BCUT2D eigenvalue weighted by Crippen LogP contribution is 2.31. The number of nitrogens with zero attached hydrogens (tertiary/aromatic N) is 1. The Morgan fingerprint density at radius 3 is 2.44 bits per heavy atom. The summed E-state index contributed by atoms with van der Waals surface area (Å²) in [5.74, 6) is -1.18. The van der Waals surface area contributed by atoms with Gasteiger partial charge in [-0.05, 0) is 18.2 Å². The Morgan fingerprint density at radius 1 is 1.28 bits per heavy atom. The molecule has 1 aliphatic heterocycles. The van der Waals surface area contributed by atoms with Crippen LogP contribution in [0.2, 0.25) is 10.0 Å². The number of carbonyl (C=O) groups is 1. The molecule has 0 radical (unpaired) electrons. The second kappa shape index (κ2) is 5.22. The highest BCUT2D eigenvalue weighted by molar-refractivity contribution is 8.15. The number of hydrogen-bond acceptors (Lipinski definition) is 4. The lowest BCUT2D eigenvalue weighted by atomic mass is 10.2. The number of rotatable bonds is 2. The van der Waals surface area contributed by atoms with Crippen molar-refractivity contribution in [1.29, 1.82) is 0 Å². The van der Waals surface area contributed by atoms with E-state index in [1.165, 1.54) is 0 Å². The summed E-state index contributed by atoms with van der Waals surface area (Å²) in [6.07, 6.45) is 0. The van der Waals surface area contributed by atoms with Crippen LogP contribution in [-0.4, -0.2) is 27.0 Å². The van der Waals surface area contributed by atoms with E-state index in [1.807, 2.05) is 0 Å². The monoisotopic (exact) mass is 303 g/mol. The van der Waals surface area contributed by atoms with Crippen LogP contribution in [0, 0.1) is 0 Å². The molecule has 0 bridgehead atoms. The Kier molecular flexibility index (Phi) is 3.85. The van der Waals surface area contributed by atoms with Crippen molar-refractivity contribution < 1.29 is 15.0 Å². The summed E-state index contributed by atoms with van der Waals surface area (Å²) in [6, 6.07) is 4.69. The van der Waals surface area contributed by atoms with E-state index < -0.39 is 5.97 Å². The fourth-order valence-electron chi connectivity index (χ4n) is 1.43. The summed E-state index contributed by atoms with van der Waals surface area (Å²) < 4.78 is 0. The molecule has 0 saturated carbocycles. The van der Waals surface area contributed by atoms with Gasteiger partial charge in [0.1, 0.15) is 16.4 Å². The number of thioether (sulfide) groups is 1. The van der Waals surface area contributed by atoms with Crippen LogP contribution in [0.1, 0.15) is 0 Å². The van der Waals surface area contributed by atoms with Gasteiger partial charge >= 0.3 is 5.97 Å². The average molecular weight is 304 g/mol. The fraction of sp³-hybridized carbons (Fsp3) is 0.0909. The highest BCUT2D eigenvalue weighted by Gasteiger charge is 2.27. The SMILES string of the molecule is O=C(O)C1=C(O)CSC1=Nc1cc(Cl)cc(Cl)c1. The van der Waals surface area contributed by atoms with Gasteiger partial charge < -0.3 is 10.2 Å². The predicted octanol–water partition coefficient (Wildman–Crippen LogP) is 3.67. The minimum atomic E-state index is -1.20. The quantitative estimate of drug-likeness (QED) is 0.874. The van der Waals surface area contributed by atoms with E-state index in [0.717, 1.165) is 11.8 Å². The number of aliphatic carboxylic acids is 1. The zero-order chi connectivity index (χ0) is 13.3. The van der Waals surface area contributed by atoms with E-state index in [2.05, 4.69) is 4.99 Å². The molecule has 0 atom stereocenters. The fourth-order valence-corrected chi connectivity index (χ4v) is 2.88. The van der Waals surface area contributed by atoms with Crippen molar-refractivity contribution in [1.82, 2.24) is 0 Å². The number of benzene rings is 1. The number of hydrogen-bond donors (Lipinski definition) is 2. The molecule has 1 aliphatic rings. The number of carboxylic acid groups (broad SMARTS) is 1. The first-order chi connectivity index (χ1) is 8.47. The van der Waals surface area contributed by atoms with Crippen molar-refractivity contribution in [2.75, 3.05) is 5.75 Å². The van der Waals surface area contributed by atoms with Gasteiger partial charge in [0.25, 0.3) is 0 Å². The Bertz CT molecular complexity index is 563. The molecular formula is C11H7Cl2NO3S. The molecule has 1 aromatic rings. The van der Waals surface area contributed by atoms with E-state index >= 15 is 0 Å². The summed E-state index contributed by atoms with van der Waals surface area (Å²) in [7, 11) is 0. The Balaban J connectivity index is 2.42. The normalized spacial score (nSPS) is 17.6. The topological polar surface area (TPSA) is 69.9 Å². The van der Waals surface area contributed by atoms with Crippen molar-refractivity contribution in [2.24, 2.45) is 4.99 Å². The summed E-state index contributed by atoms with van der Waals surface area (Å²) in [6.45, 7) is 0. The Morgan fingerprint density at radius 2 is 1.89 bits per heavy atom. The van der Waals surface area contributed by atoms with Gasteiger partial charge in [0.05, 0.1) is 11.4 Å². The largest absolute Gasteiger partial charge is 0.510 e. The van der Waals surface area contributed by atoms with Crippen LogP contribution in [0.25, 0.3) is 0 Å². The van der Waals surface area contributed by atoms with E-state index in [-0.39, 0.29) is 22.1 Å². The molecule has 2 rings (SSSR count). The van der Waals surface area contributed by atoms with Crippen LogP contribution >= 0.6 is 35.0 Å². The van der Waals surface area contributed by atoms with Gasteiger partial charge in [-0.1, -0.05) is 35.0 Å². The van der Waals surface area contributed by atoms with Crippen LogP contribution in [-0.2, 0) is 4.79 Å². The third-order valence-electron chi connectivity index (χ3n) is 2.14. The van der Waals surface area contributed by atoms with E-state index in [9.17, 15) is 9.90 Å². The average Bonchev–Trinajstić information content (AvgIpc) is 2.57. The van der Waals surface area contributed by atoms with Crippen LogP contribution in [0.15, 0.2) is 34.5 Å². The van der Waals surface area contributed by atoms with Crippen LogP contribution in [0.4, 0.5) is 5.69 Å². The van der Waals surface area contributed by atoms with E-state index in [0.29, 0.717) is 15.7 Å². The molecule has 4 nitrogen and oxygen atoms in total. The van der Waals surface area contributed by atoms with Crippen molar-refractivity contribution in [2.45, 2.75) is 0 Å². The molecule has 0 saturated heterocycles. The van der Waals surface area contributed by atoms with Crippen LogP contribution < -0.4 is 0 Å². The maximum Gasteiger partial charge on any atom is 0.341 e. The molecule has 7 heteroatoms. The van der Waals surface area contributed by atoms with Gasteiger partial charge in [-0.3, -0.25) is 0 Å². The smallest absolute Gasteiger partial charge is 0.341 e. The highest BCUT2D eigenvalue weighted by atomic mass is 35.5. The Hall–Kier alpha value is -1.17. The van der Waals surface area contributed by atoms with Crippen LogP contribution in [0.5, 0.6) is 0 Å². The van der Waals surface area contributed by atoms with Crippen LogP contribution in [0.3, 0.4) is 0 Å². The first kappa shape index (κ1) is 13.3. The molecule has 0 fully saturated rings. The molecular weight excluding hydrogens is 297 g/mol. The van der Waals surface area contributed by atoms with Crippen molar-refractivity contribution in [3.8, 4) is 0 Å². The minimum absolute atomic E-state index is 0.170. The first-order valence-corrected chi connectivity index (χ1v) is 6.55. The third-order valence-corrected chi connectivity index (χ3v) is 3.56. The number of aliphatic imine (C=N–C) groups is 1. The molecule has 0 aliphatic carbocycles. The van der Waals surface area contributed by atoms with Crippen molar-refractivity contribution in [3.05, 3.63) is 39.6 Å². The zero-order valence-electron chi connectivity index (χ0n) is 8.85. The first-order valence-electron chi connectivity index (χ1n) is 4.80. The molecule has 2 N–H and O–H groups in total. The second-order valence-electron chi connectivity index (χ2n) is 3.46. The lowest BCUT2D eigenvalue weighted by molar-refractivity contribution is -0.132. The molecule has 0 unspecified atom stereocenters. The van der Waals surface area contributed by atoms with Crippen molar-refractivity contribution in [3.63, 3.8) is 0 Å². The second-order valence-corrected chi connectivity index (χ2v) is 5.30. The molecule has 0 aromatic heterocycles. The standard InChI is InChI=1S/C11H7Cl2NO3S/c12-5-1-6(13)3-7(2-5)14-10-9(11(16)17)8(15)4-18-10/h1-3,15H,4H2,(H,16,17). The summed E-state index contributed by atoms with van der Waals surface area (Å²) >= 11 is 12.8. The molecule has 0 spiro atoms. The minimum Gasteiger partial charge on any atom is -0.510 e. The van der Waals surface area contributed by atoms with Crippen molar-refractivity contribution >= 4 is 51.7 Å². The van der Waals surface area contributed by atoms with Gasteiger partial charge in [-0.15, -0.1) is 0 Å². The molecule has 0 amide bonds. The third kappa shape index (κ3) is 2.80. The van der Waals surface area contributed by atoms with E-state index in [1.54, 1.807) is 18.2 Å². The molecule has 1 aromatic carbocycles. The number of halogens is 2. The summed E-state index contributed by atoms with van der Waals surface area (Å²) in [4.78, 5) is 15.1. The molecule has 18 heavy (non-hydrogen) atoms. The van der Waals surface area contributed by atoms with Gasteiger partial charge in [-0.2, -0.15) is 0 Å². The summed E-state index contributed by atoms with van der Waals surface area (Å²) in [5.41, 5.74) is 0.277. The maximum atomic E-state index is 11.0. The number of carboxylic acids is 1. The predicted molar refractivity (Wildman–Crippen MR) is 73.3 cm³/mol. The maximum absolute atomic E-state index is 11.0. The van der Waals surface area contributed by atoms with E-state index in [4.69, 9.17) is 28.3 Å². The lowest BCUT2D eigenvalue weighted by Gasteiger charge is -2.01. The van der Waals surface area contributed by atoms with Gasteiger partial charge in [0, 0.05) is 10.0 Å². The Labute approximate surface area is 117 Å². The van der Waals surface area contributed by atoms with Gasteiger partial charge in [0.2, 0.25) is 0 Å². The molecule has 1 heterocycles. The summed E-state index contributed by atoms with van der Waals surface area (Å²) in [5, 5.41) is 19.5. The van der Waals surface area contributed by atoms with Gasteiger partial charge in [0.15, 0.2) is 0 Å². The zero-order valence-corrected chi connectivity index (χ0v) is 11.2. The number of aliphatic hydroxyl groups excluding tert-OH is 1. The lowest BCUT2D eigenvalue weighted by Crippen LogP contribution is -2.07. The molecule has 94 valence electrons.